The van der Waals surface area contributed by atoms with E-state index in [1.807, 2.05) is 42.2 Å². The monoisotopic (exact) mass is 385 g/mol. The summed E-state index contributed by atoms with van der Waals surface area (Å²) in [5, 5.41) is 3.29. The minimum Gasteiger partial charge on any atom is -0.497 e. The third-order valence-corrected chi connectivity index (χ3v) is 4.61. The van der Waals surface area contributed by atoms with Gasteiger partial charge < -0.3 is 24.6 Å². The number of aromatic nitrogens is 2. The largest absolute Gasteiger partial charge is 0.497 e. The highest BCUT2D eigenvalue weighted by molar-refractivity contribution is 5.73. The molecule has 0 radical (unpaired) electrons. The summed E-state index contributed by atoms with van der Waals surface area (Å²) in [5.74, 6) is 4.09. The number of amides is 1. The molecule has 1 amide bonds. The first-order chi connectivity index (χ1) is 13.5. The molecule has 1 aliphatic rings. The van der Waals surface area contributed by atoms with E-state index >= 15 is 0 Å². The minimum atomic E-state index is 0.123. The lowest BCUT2D eigenvalue weighted by Gasteiger charge is -2.35. The Morgan fingerprint density at radius 1 is 1.11 bits per heavy atom. The number of hydrogen-bond acceptors (Lipinski definition) is 7. The van der Waals surface area contributed by atoms with Gasteiger partial charge in [-0.3, -0.25) is 4.79 Å². The number of rotatable bonds is 7. The van der Waals surface area contributed by atoms with Crippen molar-refractivity contribution in [3.63, 3.8) is 0 Å². The number of carbonyl (C=O) groups is 1. The molecule has 0 spiro atoms. The van der Waals surface area contributed by atoms with Crippen LogP contribution in [0.25, 0.3) is 0 Å². The highest BCUT2D eigenvalue weighted by Gasteiger charge is 2.20. The first-order valence-electron chi connectivity index (χ1n) is 9.42. The second kappa shape index (κ2) is 9.25. The number of hydrogen-bond donors (Lipinski definition) is 1. The van der Waals surface area contributed by atoms with E-state index in [9.17, 15) is 4.79 Å². The fourth-order valence-electron chi connectivity index (χ4n) is 3.07. The molecular formula is C20H27N5O3. The van der Waals surface area contributed by atoms with Gasteiger partial charge in [-0.1, -0.05) is 0 Å². The normalized spacial score (nSPS) is 14.0. The molecule has 3 rings (SSSR count). The predicted molar refractivity (Wildman–Crippen MR) is 108 cm³/mol. The summed E-state index contributed by atoms with van der Waals surface area (Å²) in [6.45, 7) is 7.62. The Morgan fingerprint density at radius 3 is 2.43 bits per heavy atom. The Bertz CT molecular complexity index is 789. The lowest BCUT2D eigenvalue weighted by atomic mass is 10.3. The number of aryl methyl sites for hydroxylation is 1. The topological polar surface area (TPSA) is 79.8 Å². The first-order valence-corrected chi connectivity index (χ1v) is 9.42. The second-order valence-electron chi connectivity index (χ2n) is 6.60. The number of benzene rings is 1. The lowest BCUT2D eigenvalue weighted by Crippen LogP contribution is -2.48. The van der Waals surface area contributed by atoms with E-state index in [-0.39, 0.29) is 5.91 Å². The van der Waals surface area contributed by atoms with Gasteiger partial charge in [-0.25, -0.2) is 9.97 Å². The Labute approximate surface area is 165 Å². The zero-order valence-electron chi connectivity index (χ0n) is 16.6. The van der Waals surface area contributed by atoms with E-state index in [0.29, 0.717) is 19.0 Å². The van der Waals surface area contributed by atoms with Gasteiger partial charge in [0, 0.05) is 39.2 Å². The summed E-state index contributed by atoms with van der Waals surface area (Å²) in [4.78, 5) is 24.5. The number of nitrogens with one attached hydrogen (secondary N) is 1. The first kappa shape index (κ1) is 19.7. The van der Waals surface area contributed by atoms with Crippen molar-refractivity contribution in [2.24, 2.45) is 0 Å². The van der Waals surface area contributed by atoms with Crippen molar-refractivity contribution in [2.45, 2.75) is 13.8 Å². The highest BCUT2D eigenvalue weighted by Crippen LogP contribution is 2.19. The highest BCUT2D eigenvalue weighted by atomic mass is 16.5. The summed E-state index contributed by atoms with van der Waals surface area (Å²) in [5.41, 5.74) is 0. The number of ether oxygens (including phenoxy) is 2. The quantitative estimate of drug-likeness (QED) is 0.730. The summed E-state index contributed by atoms with van der Waals surface area (Å²) >= 11 is 0. The third-order valence-electron chi connectivity index (χ3n) is 4.61. The van der Waals surface area contributed by atoms with Crippen LogP contribution in [0.2, 0.25) is 0 Å². The van der Waals surface area contributed by atoms with Crippen molar-refractivity contribution in [2.75, 3.05) is 56.7 Å². The molecule has 0 unspecified atom stereocenters. The van der Waals surface area contributed by atoms with Gasteiger partial charge in [-0.2, -0.15) is 0 Å². The van der Waals surface area contributed by atoms with Gasteiger partial charge in [0.1, 0.15) is 35.6 Å². The van der Waals surface area contributed by atoms with Gasteiger partial charge in [0.05, 0.1) is 13.7 Å². The van der Waals surface area contributed by atoms with Gasteiger partial charge in [0.25, 0.3) is 0 Å². The fourth-order valence-corrected chi connectivity index (χ4v) is 3.07. The number of anilines is 2. The van der Waals surface area contributed by atoms with Crippen molar-refractivity contribution in [1.29, 1.82) is 0 Å². The van der Waals surface area contributed by atoms with Gasteiger partial charge in [0.2, 0.25) is 5.91 Å². The van der Waals surface area contributed by atoms with E-state index in [2.05, 4.69) is 20.2 Å². The molecule has 2 aromatic rings. The van der Waals surface area contributed by atoms with E-state index in [0.717, 1.165) is 49.3 Å². The summed E-state index contributed by atoms with van der Waals surface area (Å²) in [6.07, 6.45) is 0. The maximum absolute atomic E-state index is 11.5. The molecule has 1 N–H and O–H groups in total. The maximum atomic E-state index is 11.5. The Balaban J connectivity index is 1.51. The predicted octanol–water partition coefficient (Wildman–Crippen LogP) is 1.95. The van der Waals surface area contributed by atoms with Gasteiger partial charge in [-0.15, -0.1) is 0 Å². The molecule has 1 fully saturated rings. The van der Waals surface area contributed by atoms with E-state index < -0.39 is 0 Å². The lowest BCUT2D eigenvalue weighted by molar-refractivity contribution is -0.129. The molecule has 0 saturated carbocycles. The number of methoxy groups -OCH3 is 1. The molecule has 1 aromatic heterocycles. The Hall–Kier alpha value is -3.03. The Kier molecular flexibility index (Phi) is 6.52. The van der Waals surface area contributed by atoms with E-state index in [1.54, 1.807) is 14.0 Å². The Morgan fingerprint density at radius 2 is 1.79 bits per heavy atom. The number of carbonyl (C=O) groups excluding carboxylic acids is 1. The van der Waals surface area contributed by atoms with Crippen LogP contribution in [-0.2, 0) is 4.79 Å². The molecular weight excluding hydrogens is 358 g/mol. The average Bonchev–Trinajstić information content (AvgIpc) is 2.71. The van der Waals surface area contributed by atoms with Crippen LogP contribution in [0.1, 0.15) is 12.7 Å². The zero-order valence-corrected chi connectivity index (χ0v) is 16.6. The van der Waals surface area contributed by atoms with E-state index in [4.69, 9.17) is 9.47 Å². The summed E-state index contributed by atoms with van der Waals surface area (Å²) in [6, 6.07) is 9.45. The van der Waals surface area contributed by atoms with Crippen LogP contribution in [0.5, 0.6) is 11.5 Å². The van der Waals surface area contributed by atoms with Gasteiger partial charge in [-0.05, 0) is 31.2 Å². The zero-order chi connectivity index (χ0) is 19.9. The molecule has 28 heavy (non-hydrogen) atoms. The van der Waals surface area contributed by atoms with Crippen LogP contribution in [0.15, 0.2) is 30.3 Å². The molecule has 1 aliphatic heterocycles. The maximum Gasteiger partial charge on any atom is 0.219 e. The molecule has 8 nitrogen and oxygen atoms in total. The van der Waals surface area contributed by atoms with E-state index in [1.165, 1.54) is 0 Å². The van der Waals surface area contributed by atoms with Crippen molar-refractivity contribution < 1.29 is 14.3 Å². The molecule has 150 valence electrons. The number of nitrogens with zero attached hydrogens (tertiary/aromatic N) is 4. The smallest absolute Gasteiger partial charge is 0.219 e. The van der Waals surface area contributed by atoms with Crippen molar-refractivity contribution in [3.05, 3.63) is 36.2 Å². The van der Waals surface area contributed by atoms with Crippen LogP contribution in [0.3, 0.4) is 0 Å². The molecule has 8 heteroatoms. The molecule has 0 bridgehead atoms. The van der Waals surface area contributed by atoms with Crippen LogP contribution in [-0.4, -0.2) is 67.2 Å². The second-order valence-corrected chi connectivity index (χ2v) is 6.60. The molecule has 2 heterocycles. The van der Waals surface area contributed by atoms with Crippen molar-refractivity contribution in [1.82, 2.24) is 14.9 Å². The standard InChI is InChI=1S/C20H27N5O3/c1-15-22-19(21-8-13-28-18-6-4-17(27-3)5-7-18)14-20(23-15)25-11-9-24(10-12-25)16(2)26/h4-7,14H,8-13H2,1-3H3,(H,21,22,23). The molecule has 1 saturated heterocycles. The third kappa shape index (κ3) is 5.25. The molecule has 0 aliphatic carbocycles. The number of piperazine rings is 1. The van der Waals surface area contributed by atoms with Crippen LogP contribution >= 0.6 is 0 Å². The molecule has 1 aromatic carbocycles. The van der Waals surface area contributed by atoms with Crippen LogP contribution in [0, 0.1) is 6.92 Å². The molecule has 0 atom stereocenters. The summed E-state index contributed by atoms with van der Waals surface area (Å²) in [7, 11) is 1.64. The SMILES string of the molecule is COc1ccc(OCCNc2cc(N3CCN(C(C)=O)CC3)nc(C)n2)cc1. The van der Waals surface area contributed by atoms with Crippen molar-refractivity contribution >= 4 is 17.5 Å². The van der Waals surface area contributed by atoms with Gasteiger partial charge in [0.15, 0.2) is 0 Å². The minimum absolute atomic E-state index is 0.123. The van der Waals surface area contributed by atoms with Crippen LogP contribution in [0.4, 0.5) is 11.6 Å². The average molecular weight is 385 g/mol. The van der Waals surface area contributed by atoms with Crippen molar-refractivity contribution in [3.8, 4) is 11.5 Å². The van der Waals surface area contributed by atoms with Crippen LogP contribution < -0.4 is 19.7 Å². The fraction of sp³-hybridized carbons (Fsp3) is 0.450. The van der Waals surface area contributed by atoms with Gasteiger partial charge >= 0.3 is 0 Å². The summed E-state index contributed by atoms with van der Waals surface area (Å²) < 4.78 is 10.9.